The lowest BCUT2D eigenvalue weighted by Gasteiger charge is -2.24. The van der Waals surface area contributed by atoms with Gasteiger partial charge in [0.15, 0.2) is 5.13 Å². The van der Waals surface area contributed by atoms with Crippen LogP contribution in [0.1, 0.15) is 17.5 Å². The van der Waals surface area contributed by atoms with Crippen molar-refractivity contribution in [1.82, 2.24) is 4.98 Å². The summed E-state index contributed by atoms with van der Waals surface area (Å²) in [6.07, 6.45) is 1.46. The Kier molecular flexibility index (Phi) is 7.04. The van der Waals surface area contributed by atoms with Gasteiger partial charge in [-0.2, -0.15) is 0 Å². The highest BCUT2D eigenvalue weighted by molar-refractivity contribution is 7.22. The molecule has 36 heavy (non-hydrogen) atoms. The first-order valence-corrected chi connectivity index (χ1v) is 12.8. The van der Waals surface area contributed by atoms with Crippen LogP contribution in [0, 0.1) is 11.7 Å². The minimum atomic E-state index is -0.735. The van der Waals surface area contributed by atoms with Gasteiger partial charge < -0.3 is 19.6 Å². The molecule has 1 atom stereocenters. The van der Waals surface area contributed by atoms with Crippen LogP contribution in [0.25, 0.3) is 10.2 Å². The quantitative estimate of drug-likeness (QED) is 0.319. The summed E-state index contributed by atoms with van der Waals surface area (Å²) in [6, 6.07) is 21.3. The third-order valence-corrected chi connectivity index (χ3v) is 7.78. The van der Waals surface area contributed by atoms with Gasteiger partial charge in [-0.15, -0.1) is 0 Å². The second-order valence-electron chi connectivity index (χ2n) is 9.04. The minimum Gasteiger partial charge on any atom is -0.497 e. The zero-order valence-corrected chi connectivity index (χ0v) is 20.9. The molecule has 1 aliphatic heterocycles. The highest BCUT2D eigenvalue weighted by Crippen LogP contribution is 2.32. The molecule has 5 rings (SSSR count). The number of halogens is 1. The first-order chi connectivity index (χ1) is 17.5. The van der Waals surface area contributed by atoms with E-state index in [9.17, 15) is 14.3 Å². The maximum atomic E-state index is 14.4. The molecule has 6 nitrogen and oxygen atoms in total. The standard InChI is InChI=1S/C28H28FN3O3S/c1-35-23-10-8-19(9-11-23)12-14-32(28-30-25-7-3-6-24(29)26(25)36-28)17-20-4-2-5-22(16-20)31-15-13-21(18-31)27(33)34/h2-11,16,21H,12-15,17-18H2,1H3,(H,33,34)/t21-/m0/s1. The summed E-state index contributed by atoms with van der Waals surface area (Å²) in [5, 5.41) is 10.1. The van der Waals surface area contributed by atoms with Gasteiger partial charge in [-0.1, -0.05) is 41.7 Å². The summed E-state index contributed by atoms with van der Waals surface area (Å²) in [4.78, 5) is 20.5. The van der Waals surface area contributed by atoms with Crippen LogP contribution in [-0.2, 0) is 17.8 Å². The number of hydrogen-bond donors (Lipinski definition) is 1. The molecule has 1 N–H and O–H groups in total. The first-order valence-electron chi connectivity index (χ1n) is 12.0. The summed E-state index contributed by atoms with van der Waals surface area (Å²) >= 11 is 1.37. The number of rotatable bonds is 9. The number of nitrogens with zero attached hydrogens (tertiary/aromatic N) is 3. The molecule has 0 radical (unpaired) electrons. The van der Waals surface area contributed by atoms with E-state index in [-0.39, 0.29) is 11.7 Å². The molecule has 3 aromatic carbocycles. The molecule has 0 bridgehead atoms. The Morgan fingerprint density at radius 1 is 1.17 bits per heavy atom. The van der Waals surface area contributed by atoms with Crippen molar-refractivity contribution in [3.63, 3.8) is 0 Å². The Bertz CT molecular complexity index is 1360. The van der Waals surface area contributed by atoms with Crippen LogP contribution in [0.15, 0.2) is 66.7 Å². The molecule has 2 heterocycles. The van der Waals surface area contributed by atoms with Crippen LogP contribution in [0.4, 0.5) is 15.2 Å². The Labute approximate surface area is 213 Å². The summed E-state index contributed by atoms with van der Waals surface area (Å²) in [5.74, 6) is -0.495. The van der Waals surface area contributed by atoms with E-state index in [1.54, 1.807) is 13.2 Å². The van der Waals surface area contributed by atoms with Gasteiger partial charge in [0.05, 0.1) is 23.2 Å². The number of carboxylic acids is 1. The maximum Gasteiger partial charge on any atom is 0.308 e. The second-order valence-corrected chi connectivity index (χ2v) is 10.0. The zero-order valence-electron chi connectivity index (χ0n) is 20.1. The Balaban J connectivity index is 1.39. The predicted octanol–water partition coefficient (Wildman–Crippen LogP) is 5.60. The van der Waals surface area contributed by atoms with Gasteiger partial charge in [0.2, 0.25) is 0 Å². The molecule has 4 aromatic rings. The van der Waals surface area contributed by atoms with E-state index < -0.39 is 5.97 Å². The average molecular weight is 506 g/mol. The molecule has 8 heteroatoms. The summed E-state index contributed by atoms with van der Waals surface area (Å²) in [6.45, 7) is 2.58. The van der Waals surface area contributed by atoms with Crippen molar-refractivity contribution in [2.45, 2.75) is 19.4 Å². The Morgan fingerprint density at radius 3 is 2.69 bits per heavy atom. The summed E-state index contributed by atoms with van der Waals surface area (Å²) in [5.41, 5.74) is 3.97. The molecular weight excluding hydrogens is 477 g/mol. The van der Waals surface area contributed by atoms with Crippen LogP contribution in [0.2, 0.25) is 0 Å². The van der Waals surface area contributed by atoms with Crippen molar-refractivity contribution >= 4 is 38.3 Å². The number of thiazole rings is 1. The molecular formula is C28H28FN3O3S. The molecule has 0 saturated carbocycles. The molecule has 0 spiro atoms. The number of methoxy groups -OCH3 is 1. The van der Waals surface area contributed by atoms with Gasteiger partial charge in [0.1, 0.15) is 11.6 Å². The van der Waals surface area contributed by atoms with Gasteiger partial charge in [-0.3, -0.25) is 4.79 Å². The largest absolute Gasteiger partial charge is 0.497 e. The second kappa shape index (κ2) is 10.5. The number of anilines is 2. The van der Waals surface area contributed by atoms with Crippen molar-refractivity contribution in [3.8, 4) is 5.75 Å². The van der Waals surface area contributed by atoms with Crippen molar-refractivity contribution in [3.05, 3.63) is 83.7 Å². The van der Waals surface area contributed by atoms with Crippen LogP contribution in [0.3, 0.4) is 0 Å². The normalized spacial score (nSPS) is 15.4. The van der Waals surface area contributed by atoms with E-state index in [0.29, 0.717) is 36.3 Å². The van der Waals surface area contributed by atoms with E-state index in [1.165, 1.54) is 23.0 Å². The van der Waals surface area contributed by atoms with Gasteiger partial charge >= 0.3 is 5.97 Å². The lowest BCUT2D eigenvalue weighted by atomic mass is 10.1. The minimum absolute atomic E-state index is 0.254. The van der Waals surface area contributed by atoms with Gasteiger partial charge in [-0.25, -0.2) is 9.37 Å². The molecule has 1 saturated heterocycles. The van der Waals surface area contributed by atoms with Gasteiger partial charge in [0.25, 0.3) is 0 Å². The topological polar surface area (TPSA) is 65.9 Å². The molecule has 0 amide bonds. The molecule has 186 valence electrons. The fourth-order valence-corrected chi connectivity index (χ4v) is 5.60. The van der Waals surface area contributed by atoms with E-state index in [1.807, 2.05) is 30.3 Å². The van der Waals surface area contributed by atoms with Crippen LogP contribution < -0.4 is 14.5 Å². The SMILES string of the molecule is COc1ccc(CCN(Cc2cccc(N3CC[C@H](C(=O)O)C3)c2)c2nc3cccc(F)c3s2)cc1. The molecule has 0 aliphatic carbocycles. The summed E-state index contributed by atoms with van der Waals surface area (Å²) < 4.78 is 20.3. The lowest BCUT2D eigenvalue weighted by Crippen LogP contribution is -2.26. The number of benzene rings is 3. The van der Waals surface area contributed by atoms with Crippen molar-refractivity contribution in [2.75, 3.05) is 36.5 Å². The third-order valence-electron chi connectivity index (χ3n) is 6.64. The molecule has 1 fully saturated rings. The highest BCUT2D eigenvalue weighted by Gasteiger charge is 2.28. The molecule has 1 aromatic heterocycles. The van der Waals surface area contributed by atoms with Crippen molar-refractivity contribution in [2.24, 2.45) is 5.92 Å². The van der Waals surface area contributed by atoms with Crippen molar-refractivity contribution in [1.29, 1.82) is 0 Å². The van der Waals surface area contributed by atoms with Crippen molar-refractivity contribution < 1.29 is 19.0 Å². The van der Waals surface area contributed by atoms with Crippen LogP contribution >= 0.6 is 11.3 Å². The smallest absolute Gasteiger partial charge is 0.308 e. The number of aliphatic carboxylic acids is 1. The van der Waals surface area contributed by atoms with E-state index in [4.69, 9.17) is 9.72 Å². The summed E-state index contributed by atoms with van der Waals surface area (Å²) in [7, 11) is 1.65. The number of hydrogen-bond acceptors (Lipinski definition) is 6. The van der Waals surface area contributed by atoms with Crippen LogP contribution in [-0.4, -0.2) is 42.8 Å². The fourth-order valence-electron chi connectivity index (χ4n) is 4.61. The average Bonchev–Trinajstić information content (AvgIpc) is 3.56. The molecule has 1 aliphatic rings. The van der Waals surface area contributed by atoms with E-state index >= 15 is 0 Å². The molecule has 0 unspecified atom stereocenters. The Morgan fingerprint density at radius 2 is 1.97 bits per heavy atom. The lowest BCUT2D eigenvalue weighted by molar-refractivity contribution is -0.140. The van der Waals surface area contributed by atoms with Crippen LogP contribution in [0.5, 0.6) is 5.75 Å². The van der Waals surface area contributed by atoms with E-state index in [2.05, 4.69) is 34.1 Å². The monoisotopic (exact) mass is 505 g/mol. The predicted molar refractivity (Wildman–Crippen MR) is 142 cm³/mol. The number of ether oxygens (including phenoxy) is 1. The number of fused-ring (bicyclic) bond motifs is 1. The highest BCUT2D eigenvalue weighted by atomic mass is 32.1. The number of carbonyl (C=O) groups is 1. The zero-order chi connectivity index (χ0) is 25.1. The van der Waals surface area contributed by atoms with E-state index in [0.717, 1.165) is 35.1 Å². The fraction of sp³-hybridized carbons (Fsp3) is 0.286. The Hall–Kier alpha value is -3.65. The van der Waals surface area contributed by atoms with Gasteiger partial charge in [-0.05, 0) is 60.4 Å². The van der Waals surface area contributed by atoms with Gasteiger partial charge in [0, 0.05) is 31.9 Å². The third kappa shape index (κ3) is 5.28. The maximum absolute atomic E-state index is 14.4. The first kappa shape index (κ1) is 24.1. The number of aromatic nitrogens is 1. The number of carboxylic acid groups (broad SMARTS) is 1.